The molecule has 120 valence electrons. The first kappa shape index (κ1) is 14.9. The quantitative estimate of drug-likeness (QED) is 0.841. The van der Waals surface area contributed by atoms with E-state index in [0.29, 0.717) is 31.0 Å². The van der Waals surface area contributed by atoms with Crippen molar-refractivity contribution in [2.24, 2.45) is 0 Å². The van der Waals surface area contributed by atoms with Gasteiger partial charge in [0.05, 0.1) is 12.1 Å². The smallest absolute Gasteiger partial charge is 0.410 e. The van der Waals surface area contributed by atoms with Crippen molar-refractivity contribution in [1.29, 1.82) is 0 Å². The van der Waals surface area contributed by atoms with E-state index in [1.165, 1.54) is 0 Å². The number of ether oxygens (including phenoxy) is 1. The van der Waals surface area contributed by atoms with E-state index in [-0.39, 0.29) is 24.1 Å². The predicted molar refractivity (Wildman–Crippen MR) is 79.8 cm³/mol. The Bertz CT molecular complexity index is 587. The molecule has 3 rings (SSSR count). The topological polar surface area (TPSA) is 63.0 Å². The zero-order valence-electron chi connectivity index (χ0n) is 13.3. The molecule has 2 aliphatic rings. The molecule has 6 heteroatoms. The lowest BCUT2D eigenvalue weighted by Gasteiger charge is -2.35. The average Bonchev–Trinajstić information content (AvgIpc) is 2.99. The van der Waals surface area contributed by atoms with E-state index in [0.717, 1.165) is 18.6 Å². The van der Waals surface area contributed by atoms with E-state index in [1.54, 1.807) is 11.0 Å². The Morgan fingerprint density at radius 2 is 1.95 bits per heavy atom. The van der Waals surface area contributed by atoms with E-state index in [2.05, 4.69) is 0 Å². The second-order valence-electron chi connectivity index (χ2n) is 6.20. The van der Waals surface area contributed by atoms with Gasteiger partial charge in [-0.25, -0.2) is 4.79 Å². The molecular weight excluding hydrogens is 284 g/mol. The Balaban J connectivity index is 1.61. The average molecular weight is 306 g/mol. The zero-order chi connectivity index (χ0) is 15.9. The Hall–Kier alpha value is -1.98. The van der Waals surface area contributed by atoms with Crippen molar-refractivity contribution in [2.45, 2.75) is 45.8 Å². The molecule has 0 spiro atoms. The van der Waals surface area contributed by atoms with Crippen molar-refractivity contribution in [3.8, 4) is 0 Å². The van der Waals surface area contributed by atoms with E-state index in [1.807, 2.05) is 25.7 Å². The fourth-order valence-corrected chi connectivity index (χ4v) is 3.32. The summed E-state index contributed by atoms with van der Waals surface area (Å²) in [6.45, 7) is 7.53. The first-order valence-corrected chi connectivity index (χ1v) is 7.79. The van der Waals surface area contributed by atoms with Gasteiger partial charge in [-0.1, -0.05) is 0 Å². The third-order valence-corrected chi connectivity index (χ3v) is 4.45. The highest BCUT2D eigenvalue weighted by molar-refractivity contribution is 5.95. The summed E-state index contributed by atoms with van der Waals surface area (Å²) in [4.78, 5) is 28.0. The third-order valence-electron chi connectivity index (χ3n) is 4.45. The molecule has 3 heterocycles. The fourth-order valence-electron chi connectivity index (χ4n) is 3.32. The lowest BCUT2D eigenvalue weighted by molar-refractivity contribution is 0.0657. The molecule has 0 radical (unpaired) electrons. The van der Waals surface area contributed by atoms with E-state index in [9.17, 15) is 9.59 Å². The van der Waals surface area contributed by atoms with Crippen LogP contribution in [-0.2, 0) is 4.74 Å². The second-order valence-corrected chi connectivity index (χ2v) is 6.20. The molecule has 0 aromatic carbocycles. The molecular formula is C16H22N2O4. The van der Waals surface area contributed by atoms with Gasteiger partial charge in [-0.05, 0) is 39.7 Å². The lowest BCUT2D eigenvalue weighted by Crippen LogP contribution is -2.47. The fraction of sp³-hybridized carbons (Fsp3) is 0.625. The number of furan rings is 1. The molecule has 6 nitrogen and oxygen atoms in total. The van der Waals surface area contributed by atoms with Crippen LogP contribution in [-0.4, -0.2) is 53.6 Å². The van der Waals surface area contributed by atoms with Gasteiger partial charge in [0.25, 0.3) is 5.91 Å². The maximum absolute atomic E-state index is 12.5. The summed E-state index contributed by atoms with van der Waals surface area (Å²) in [5.41, 5.74) is 0.644. The van der Waals surface area contributed by atoms with Crippen LogP contribution in [0.1, 0.15) is 41.6 Å². The summed E-state index contributed by atoms with van der Waals surface area (Å²) in [5.74, 6) is 1.44. The monoisotopic (exact) mass is 306 g/mol. The molecule has 1 unspecified atom stereocenters. The summed E-state index contributed by atoms with van der Waals surface area (Å²) in [6.07, 6.45) is 1.33. The summed E-state index contributed by atoms with van der Waals surface area (Å²) in [7, 11) is 0. The minimum absolute atomic E-state index is 0.0187. The number of aryl methyl sites for hydroxylation is 2. The SMILES string of the molecule is Cc1cc(C(=O)N2CCC(N3CC(C)OC3=O)CC2)c(C)o1. The van der Waals surface area contributed by atoms with Gasteiger partial charge >= 0.3 is 6.09 Å². The first-order chi connectivity index (χ1) is 10.5. The summed E-state index contributed by atoms with van der Waals surface area (Å²) in [6, 6.07) is 1.97. The maximum Gasteiger partial charge on any atom is 0.410 e. The highest BCUT2D eigenvalue weighted by atomic mass is 16.6. The van der Waals surface area contributed by atoms with Crippen molar-refractivity contribution < 1.29 is 18.7 Å². The van der Waals surface area contributed by atoms with Crippen LogP contribution in [0.5, 0.6) is 0 Å². The van der Waals surface area contributed by atoms with Gasteiger partial charge in [0.15, 0.2) is 0 Å². The molecule has 0 N–H and O–H groups in total. The minimum Gasteiger partial charge on any atom is -0.466 e. The van der Waals surface area contributed by atoms with Crippen LogP contribution < -0.4 is 0 Å². The molecule has 2 fully saturated rings. The first-order valence-electron chi connectivity index (χ1n) is 7.79. The van der Waals surface area contributed by atoms with Crippen LogP contribution in [0.2, 0.25) is 0 Å². The van der Waals surface area contributed by atoms with E-state index in [4.69, 9.17) is 9.15 Å². The minimum atomic E-state index is -0.224. The summed E-state index contributed by atoms with van der Waals surface area (Å²) < 4.78 is 10.6. The number of rotatable bonds is 2. The Kier molecular flexibility index (Phi) is 3.85. The molecule has 2 saturated heterocycles. The number of likely N-dealkylation sites (tertiary alicyclic amines) is 1. The molecule has 0 aliphatic carbocycles. The highest BCUT2D eigenvalue weighted by Gasteiger charge is 2.36. The lowest BCUT2D eigenvalue weighted by atomic mass is 10.0. The van der Waals surface area contributed by atoms with Crippen LogP contribution in [0.15, 0.2) is 10.5 Å². The van der Waals surface area contributed by atoms with Crippen molar-refractivity contribution in [3.05, 3.63) is 23.2 Å². The number of nitrogens with zero attached hydrogens (tertiary/aromatic N) is 2. The third kappa shape index (κ3) is 2.69. The van der Waals surface area contributed by atoms with Gasteiger partial charge < -0.3 is 19.0 Å². The molecule has 2 amide bonds. The molecule has 0 bridgehead atoms. The largest absolute Gasteiger partial charge is 0.466 e. The van der Waals surface area contributed by atoms with Gasteiger partial charge in [0, 0.05) is 19.1 Å². The molecule has 0 saturated carbocycles. The second kappa shape index (κ2) is 5.66. The number of carbonyl (C=O) groups excluding carboxylic acids is 2. The Morgan fingerprint density at radius 1 is 1.27 bits per heavy atom. The van der Waals surface area contributed by atoms with Crippen LogP contribution in [0.25, 0.3) is 0 Å². The summed E-state index contributed by atoms with van der Waals surface area (Å²) >= 11 is 0. The highest BCUT2D eigenvalue weighted by Crippen LogP contribution is 2.24. The molecule has 2 aliphatic heterocycles. The van der Waals surface area contributed by atoms with Gasteiger partial charge in [-0.3, -0.25) is 4.79 Å². The van der Waals surface area contributed by atoms with Crippen molar-refractivity contribution >= 4 is 12.0 Å². The predicted octanol–water partition coefficient (Wildman–Crippen LogP) is 2.34. The van der Waals surface area contributed by atoms with Crippen LogP contribution in [0, 0.1) is 13.8 Å². The number of amides is 2. The number of cyclic esters (lactones) is 1. The molecule has 1 atom stereocenters. The zero-order valence-corrected chi connectivity index (χ0v) is 13.3. The molecule has 1 aromatic heterocycles. The Morgan fingerprint density at radius 3 is 2.45 bits per heavy atom. The standard InChI is InChI=1S/C16H22N2O4/c1-10-8-14(12(3)21-10)15(19)17-6-4-13(5-7-17)18-9-11(2)22-16(18)20/h8,11,13H,4-7,9H2,1-3H3. The van der Waals surface area contributed by atoms with Crippen molar-refractivity contribution in [3.63, 3.8) is 0 Å². The van der Waals surface area contributed by atoms with Crippen molar-refractivity contribution in [2.75, 3.05) is 19.6 Å². The van der Waals surface area contributed by atoms with Crippen LogP contribution in [0.4, 0.5) is 4.79 Å². The van der Waals surface area contributed by atoms with Gasteiger partial charge in [0.2, 0.25) is 0 Å². The number of hydrogen-bond donors (Lipinski definition) is 0. The van der Waals surface area contributed by atoms with Gasteiger partial charge in [-0.15, -0.1) is 0 Å². The maximum atomic E-state index is 12.5. The number of hydrogen-bond acceptors (Lipinski definition) is 4. The van der Waals surface area contributed by atoms with E-state index >= 15 is 0 Å². The Labute approximate surface area is 130 Å². The number of carbonyl (C=O) groups is 2. The van der Waals surface area contributed by atoms with Crippen LogP contribution in [0.3, 0.4) is 0 Å². The van der Waals surface area contributed by atoms with Crippen LogP contribution >= 0.6 is 0 Å². The van der Waals surface area contributed by atoms with Gasteiger partial charge in [0.1, 0.15) is 17.6 Å². The molecule has 1 aromatic rings. The number of piperidine rings is 1. The summed E-state index contributed by atoms with van der Waals surface area (Å²) in [5, 5.41) is 0. The molecule has 22 heavy (non-hydrogen) atoms. The van der Waals surface area contributed by atoms with Gasteiger partial charge in [-0.2, -0.15) is 0 Å². The normalized spacial score (nSPS) is 23.0. The van der Waals surface area contributed by atoms with Crippen molar-refractivity contribution in [1.82, 2.24) is 9.80 Å². The van der Waals surface area contributed by atoms with E-state index < -0.39 is 0 Å².